The minimum absolute atomic E-state index is 0.0760. The first-order valence-electron chi connectivity index (χ1n) is 7.48. The number of aliphatic hydroxyl groups is 2. The molecular weight excluding hydrogens is 474 g/mol. The van der Waals surface area contributed by atoms with Crippen molar-refractivity contribution in [1.29, 1.82) is 0 Å². The van der Waals surface area contributed by atoms with Crippen molar-refractivity contribution in [3.8, 4) is 0 Å². The Morgan fingerprint density at radius 2 is 1.15 bits per heavy atom. The average Bonchev–Trinajstić information content (AvgIpc) is 2.59. The summed E-state index contributed by atoms with van der Waals surface area (Å²) in [6.45, 7) is 3.11. The van der Waals surface area contributed by atoms with Gasteiger partial charge in [0.2, 0.25) is 0 Å². The maximum atomic E-state index is 10.9. The van der Waals surface area contributed by atoms with Crippen molar-refractivity contribution in [2.75, 3.05) is 0 Å². The van der Waals surface area contributed by atoms with Crippen LogP contribution in [-0.4, -0.2) is 46.3 Å². The Kier molecular flexibility index (Phi) is 6.88. The van der Waals surface area contributed by atoms with Crippen molar-refractivity contribution >= 4 is 46.6 Å². The van der Waals surface area contributed by atoms with E-state index in [-0.39, 0.29) is 37.6 Å². The molecule has 0 aliphatic heterocycles. The summed E-state index contributed by atoms with van der Waals surface area (Å²) in [5.41, 5.74) is 0.879. The summed E-state index contributed by atoms with van der Waals surface area (Å²) in [5.74, 6) is 0. The number of hydrogen-bond acceptors (Lipinski definition) is 6. The summed E-state index contributed by atoms with van der Waals surface area (Å²) in [6, 6.07) is 8.87. The summed E-state index contributed by atoms with van der Waals surface area (Å²) < 4.78 is 1.68. The van der Waals surface area contributed by atoms with E-state index in [4.69, 9.17) is 0 Å². The van der Waals surface area contributed by atoms with Gasteiger partial charge in [-0.3, -0.25) is 0 Å². The Morgan fingerprint density at radius 3 is 1.42 bits per heavy atom. The summed E-state index contributed by atoms with van der Waals surface area (Å²) >= 11 is -0.234. The van der Waals surface area contributed by atoms with Crippen LogP contribution < -0.4 is 8.92 Å². The third-order valence-electron chi connectivity index (χ3n) is 3.53. The van der Waals surface area contributed by atoms with Gasteiger partial charge >= 0.3 is 160 Å². The van der Waals surface area contributed by atoms with Gasteiger partial charge in [-0.05, 0) is 0 Å². The molecule has 10 heteroatoms. The van der Waals surface area contributed by atoms with E-state index >= 15 is 0 Å². The van der Waals surface area contributed by atoms with Gasteiger partial charge < -0.3 is 0 Å². The third-order valence-corrected chi connectivity index (χ3v) is 10.8. The molecule has 0 aromatic heterocycles. The molecule has 0 fully saturated rings. The van der Waals surface area contributed by atoms with Gasteiger partial charge in [0.05, 0.1) is 0 Å². The van der Waals surface area contributed by atoms with E-state index in [1.807, 2.05) is 0 Å². The van der Waals surface area contributed by atoms with Gasteiger partial charge in [-0.25, -0.2) is 0 Å². The molecule has 8 nitrogen and oxygen atoms in total. The summed E-state index contributed by atoms with van der Waals surface area (Å²) in [7, 11) is 0. The maximum absolute atomic E-state index is 10.9. The molecule has 2 N–H and O–H groups in total. The molecule has 0 aliphatic carbocycles. The number of non-ortho nitro benzene ring substituents is 2. The predicted octanol–water partition coefficient (Wildman–Crippen LogP) is 0.884. The molecule has 0 saturated heterocycles. The molecule has 2 aromatic carbocycles. The average molecular weight is 490 g/mol. The summed E-state index contributed by atoms with van der Waals surface area (Å²) in [4.78, 5) is 20.8. The van der Waals surface area contributed by atoms with Gasteiger partial charge in [-0.2, -0.15) is 0 Å². The van der Waals surface area contributed by atoms with Crippen LogP contribution in [0.2, 0.25) is 0 Å². The van der Waals surface area contributed by atoms with Gasteiger partial charge in [-0.1, -0.05) is 0 Å². The molecule has 0 saturated carbocycles. The fourth-order valence-corrected chi connectivity index (χ4v) is 9.72. The zero-order valence-corrected chi connectivity index (χ0v) is 17.3. The minimum atomic E-state index is -0.837. The van der Waals surface area contributed by atoms with E-state index in [0.717, 1.165) is 8.92 Å². The SMILES string of the molecule is C[C@H](O)c1cc([N+](=O)[O-])ccc1[Se][Se]c1ccc([N+](=O)[O-])cc1[C@H](C)O. The number of benzene rings is 2. The molecule has 0 aliphatic rings. The third kappa shape index (κ3) is 4.88. The molecule has 26 heavy (non-hydrogen) atoms. The molecule has 2 rings (SSSR count). The molecule has 0 bridgehead atoms. The zero-order chi connectivity index (χ0) is 19.4. The molecule has 0 spiro atoms. The van der Waals surface area contributed by atoms with Gasteiger partial charge in [-0.15, -0.1) is 0 Å². The van der Waals surface area contributed by atoms with Crippen LogP contribution >= 0.6 is 0 Å². The first-order valence-corrected chi connectivity index (χ1v) is 13.5. The fourth-order valence-electron chi connectivity index (χ4n) is 2.19. The number of nitro groups is 2. The van der Waals surface area contributed by atoms with Gasteiger partial charge in [0.1, 0.15) is 0 Å². The van der Waals surface area contributed by atoms with Crippen LogP contribution in [-0.2, 0) is 0 Å². The van der Waals surface area contributed by atoms with Crippen molar-refractivity contribution < 1.29 is 20.1 Å². The summed E-state index contributed by atoms with van der Waals surface area (Å²) in [6.07, 6.45) is -1.67. The molecule has 138 valence electrons. The van der Waals surface area contributed by atoms with Gasteiger partial charge in [0.25, 0.3) is 0 Å². The number of nitro benzene ring substituents is 2. The van der Waals surface area contributed by atoms with E-state index in [2.05, 4.69) is 0 Å². The molecular formula is C16H16N2O6Se2. The van der Waals surface area contributed by atoms with Crippen LogP contribution in [0.3, 0.4) is 0 Å². The standard InChI is InChI=1S/C16H16N2O6Se2/c1-9(19)13-7-11(17(21)22)3-5-15(13)25-26-16-6-4-12(18(23)24)8-14(16)10(2)20/h3-10,19-20H,1-2H3/t9-,10-/m0/s1. The first kappa shape index (κ1) is 20.5. The molecule has 2 atom stereocenters. The second-order valence-corrected chi connectivity index (χ2v) is 11.7. The van der Waals surface area contributed by atoms with E-state index in [1.165, 1.54) is 24.3 Å². The number of rotatable bonds is 7. The van der Waals surface area contributed by atoms with Crippen LogP contribution in [0.25, 0.3) is 0 Å². The topological polar surface area (TPSA) is 127 Å². The molecule has 0 amide bonds. The zero-order valence-electron chi connectivity index (χ0n) is 13.9. The normalized spacial score (nSPS) is 13.2. The second-order valence-electron chi connectivity index (χ2n) is 5.48. The molecule has 0 heterocycles. The molecule has 0 unspecified atom stereocenters. The summed E-state index contributed by atoms with van der Waals surface area (Å²) in [5, 5.41) is 41.7. The number of aliphatic hydroxyl groups excluding tert-OH is 2. The quantitative estimate of drug-likeness (QED) is 0.337. The van der Waals surface area contributed by atoms with Crippen LogP contribution in [0.4, 0.5) is 11.4 Å². The number of nitrogens with zero attached hydrogens (tertiary/aromatic N) is 2. The van der Waals surface area contributed by atoms with E-state index in [1.54, 1.807) is 26.0 Å². The molecule has 0 radical (unpaired) electrons. The Labute approximate surface area is 160 Å². The molecule has 2 aromatic rings. The second kappa shape index (κ2) is 8.72. The van der Waals surface area contributed by atoms with E-state index in [0.29, 0.717) is 11.1 Å². The van der Waals surface area contributed by atoms with Gasteiger partial charge in [0.15, 0.2) is 0 Å². The van der Waals surface area contributed by atoms with Crippen molar-refractivity contribution in [3.63, 3.8) is 0 Å². The van der Waals surface area contributed by atoms with Crippen molar-refractivity contribution in [2.45, 2.75) is 26.1 Å². The van der Waals surface area contributed by atoms with Crippen LogP contribution in [0.1, 0.15) is 37.2 Å². The predicted molar refractivity (Wildman–Crippen MR) is 98.2 cm³/mol. The van der Waals surface area contributed by atoms with Crippen molar-refractivity contribution in [2.24, 2.45) is 0 Å². The Morgan fingerprint density at radius 1 is 0.808 bits per heavy atom. The first-order chi connectivity index (χ1) is 12.2. The van der Waals surface area contributed by atoms with Gasteiger partial charge in [0, 0.05) is 0 Å². The van der Waals surface area contributed by atoms with Crippen LogP contribution in [0, 0.1) is 20.2 Å². The fraction of sp³-hybridized carbons (Fsp3) is 0.250. The van der Waals surface area contributed by atoms with E-state index in [9.17, 15) is 30.4 Å². The van der Waals surface area contributed by atoms with E-state index < -0.39 is 22.1 Å². The monoisotopic (exact) mass is 492 g/mol. The Hall–Kier alpha value is -1.80. The Balaban J connectivity index is 2.31. The number of hydrogen-bond donors (Lipinski definition) is 2. The van der Waals surface area contributed by atoms with Crippen LogP contribution in [0.15, 0.2) is 36.4 Å². The van der Waals surface area contributed by atoms with Crippen LogP contribution in [0.5, 0.6) is 0 Å². The van der Waals surface area contributed by atoms with Crippen molar-refractivity contribution in [1.82, 2.24) is 0 Å². The Bertz CT molecular complexity index is 772. The van der Waals surface area contributed by atoms with Crippen molar-refractivity contribution in [3.05, 3.63) is 67.8 Å².